The zero-order valence-corrected chi connectivity index (χ0v) is 15.5. The Kier molecular flexibility index (Phi) is 4.33. The van der Waals surface area contributed by atoms with Crippen LogP contribution in [0, 0.1) is 13.8 Å². The average Bonchev–Trinajstić information content (AvgIpc) is 3.06. The normalized spacial score (nSPS) is 10.9. The summed E-state index contributed by atoms with van der Waals surface area (Å²) in [6.07, 6.45) is 1.74. The van der Waals surface area contributed by atoms with Crippen molar-refractivity contribution in [2.24, 2.45) is 0 Å². The fraction of sp³-hybridized carbons (Fsp3) is 0.100. The van der Waals surface area contributed by atoms with E-state index in [-0.39, 0.29) is 11.6 Å². The van der Waals surface area contributed by atoms with Crippen LogP contribution in [-0.2, 0) is 0 Å². The van der Waals surface area contributed by atoms with Crippen molar-refractivity contribution in [1.82, 2.24) is 20.0 Å². The van der Waals surface area contributed by atoms with Gasteiger partial charge in [0.15, 0.2) is 5.69 Å². The van der Waals surface area contributed by atoms with E-state index >= 15 is 0 Å². The zero-order chi connectivity index (χ0) is 19.0. The number of nitrogens with zero attached hydrogens (tertiary/aromatic N) is 4. The molecule has 7 heteroatoms. The maximum atomic E-state index is 12.8. The number of halogens is 1. The smallest absolute Gasteiger partial charge is 0.278 e. The van der Waals surface area contributed by atoms with E-state index in [0.717, 1.165) is 22.2 Å². The van der Waals surface area contributed by atoms with Crippen LogP contribution in [0.1, 0.15) is 21.7 Å². The van der Waals surface area contributed by atoms with E-state index in [2.05, 4.69) is 20.6 Å². The zero-order valence-electron chi connectivity index (χ0n) is 14.8. The van der Waals surface area contributed by atoms with E-state index < -0.39 is 0 Å². The molecule has 1 amide bonds. The lowest BCUT2D eigenvalue weighted by atomic mass is 10.1. The van der Waals surface area contributed by atoms with Crippen LogP contribution in [0.2, 0.25) is 5.02 Å². The van der Waals surface area contributed by atoms with Gasteiger partial charge in [-0.25, -0.2) is 4.68 Å². The van der Waals surface area contributed by atoms with Gasteiger partial charge in [-0.2, -0.15) is 0 Å². The van der Waals surface area contributed by atoms with E-state index in [4.69, 9.17) is 11.6 Å². The van der Waals surface area contributed by atoms with E-state index in [1.807, 2.05) is 43.3 Å². The quantitative estimate of drug-likeness (QED) is 0.576. The molecular formula is C20H16ClN5O. The minimum absolute atomic E-state index is 0.257. The van der Waals surface area contributed by atoms with E-state index in [1.54, 1.807) is 29.9 Å². The van der Waals surface area contributed by atoms with Gasteiger partial charge >= 0.3 is 0 Å². The molecule has 0 unspecified atom stereocenters. The second kappa shape index (κ2) is 6.81. The molecule has 0 aliphatic heterocycles. The Hall–Kier alpha value is -3.25. The second-order valence-electron chi connectivity index (χ2n) is 6.20. The Bertz CT molecular complexity index is 1170. The molecule has 0 radical (unpaired) electrons. The number of rotatable bonds is 3. The van der Waals surface area contributed by atoms with Gasteiger partial charge in [0, 0.05) is 16.6 Å². The third kappa shape index (κ3) is 3.15. The summed E-state index contributed by atoms with van der Waals surface area (Å²) in [7, 11) is 0. The Morgan fingerprint density at radius 3 is 2.78 bits per heavy atom. The van der Waals surface area contributed by atoms with Crippen LogP contribution in [-0.4, -0.2) is 25.9 Å². The topological polar surface area (TPSA) is 72.7 Å². The van der Waals surface area contributed by atoms with Gasteiger partial charge in [-0.3, -0.25) is 9.78 Å². The highest BCUT2D eigenvalue weighted by atomic mass is 35.5. The van der Waals surface area contributed by atoms with Gasteiger partial charge in [0.25, 0.3) is 5.91 Å². The summed E-state index contributed by atoms with van der Waals surface area (Å²) in [6, 6.07) is 14.8. The minimum Gasteiger partial charge on any atom is -0.320 e. The molecule has 0 saturated carbocycles. The van der Waals surface area contributed by atoms with Gasteiger partial charge in [-0.05, 0) is 55.8 Å². The first-order valence-corrected chi connectivity index (χ1v) is 8.76. The Balaban J connectivity index is 1.68. The number of aryl methyl sites for hydroxylation is 1. The number of benzene rings is 2. The van der Waals surface area contributed by atoms with Crippen LogP contribution in [0.15, 0.2) is 54.7 Å². The van der Waals surface area contributed by atoms with Crippen molar-refractivity contribution in [3.63, 3.8) is 0 Å². The van der Waals surface area contributed by atoms with Crippen molar-refractivity contribution in [3.05, 3.63) is 76.7 Å². The fourth-order valence-corrected chi connectivity index (χ4v) is 3.18. The minimum atomic E-state index is -0.324. The maximum absolute atomic E-state index is 12.8. The molecule has 0 atom stereocenters. The number of hydrogen-bond acceptors (Lipinski definition) is 4. The van der Waals surface area contributed by atoms with Gasteiger partial charge < -0.3 is 5.32 Å². The fourth-order valence-electron chi connectivity index (χ4n) is 3.00. The predicted octanol–water partition coefficient (Wildman–Crippen LogP) is 4.34. The standard InChI is InChI=1S/C20H16ClN5O/c1-12-8-9-17(16-7-4-10-22-18(12)16)23-20(27)19-13(2)26(25-24-19)15-6-3-5-14(21)11-15/h3-11H,1-2H3,(H,23,27). The first kappa shape index (κ1) is 17.2. The third-order valence-corrected chi connectivity index (χ3v) is 4.62. The van der Waals surface area contributed by atoms with Gasteiger partial charge in [0.05, 0.1) is 22.6 Å². The molecule has 134 valence electrons. The molecule has 0 spiro atoms. The molecule has 2 aromatic heterocycles. The van der Waals surface area contributed by atoms with Crippen LogP contribution in [0.4, 0.5) is 5.69 Å². The Morgan fingerprint density at radius 1 is 1.11 bits per heavy atom. The van der Waals surface area contributed by atoms with Crippen molar-refractivity contribution >= 4 is 34.1 Å². The molecular weight excluding hydrogens is 362 g/mol. The molecule has 0 fully saturated rings. The molecule has 0 saturated heterocycles. The van der Waals surface area contributed by atoms with Gasteiger partial charge in [-0.1, -0.05) is 28.9 Å². The molecule has 27 heavy (non-hydrogen) atoms. The van der Waals surface area contributed by atoms with Crippen molar-refractivity contribution < 1.29 is 4.79 Å². The SMILES string of the molecule is Cc1ccc(NC(=O)c2nnn(-c3cccc(Cl)c3)c2C)c2cccnc12. The summed E-state index contributed by atoms with van der Waals surface area (Å²) in [6.45, 7) is 3.78. The van der Waals surface area contributed by atoms with Crippen molar-refractivity contribution in [3.8, 4) is 5.69 Å². The summed E-state index contributed by atoms with van der Waals surface area (Å²) in [4.78, 5) is 17.2. The summed E-state index contributed by atoms with van der Waals surface area (Å²) in [5.41, 5.74) is 4.22. The number of fused-ring (bicyclic) bond motifs is 1. The van der Waals surface area contributed by atoms with Crippen molar-refractivity contribution in [2.75, 3.05) is 5.32 Å². The Labute approximate surface area is 160 Å². The molecule has 0 aliphatic rings. The highest BCUT2D eigenvalue weighted by molar-refractivity contribution is 6.30. The number of pyridine rings is 1. The largest absolute Gasteiger partial charge is 0.320 e. The van der Waals surface area contributed by atoms with Crippen molar-refractivity contribution in [1.29, 1.82) is 0 Å². The molecule has 6 nitrogen and oxygen atoms in total. The number of carbonyl (C=O) groups is 1. The molecule has 2 aromatic carbocycles. The van der Waals surface area contributed by atoms with E-state index in [9.17, 15) is 4.79 Å². The lowest BCUT2D eigenvalue weighted by molar-refractivity contribution is 0.102. The average molecular weight is 378 g/mol. The molecule has 0 bridgehead atoms. The maximum Gasteiger partial charge on any atom is 0.278 e. The van der Waals surface area contributed by atoms with Gasteiger partial charge in [-0.15, -0.1) is 5.10 Å². The molecule has 1 N–H and O–H groups in total. The lowest BCUT2D eigenvalue weighted by Gasteiger charge is -2.09. The first-order valence-electron chi connectivity index (χ1n) is 8.38. The third-order valence-electron chi connectivity index (χ3n) is 4.38. The van der Waals surface area contributed by atoms with Gasteiger partial charge in [0.2, 0.25) is 0 Å². The van der Waals surface area contributed by atoms with Gasteiger partial charge in [0.1, 0.15) is 0 Å². The molecule has 4 aromatic rings. The molecule has 0 aliphatic carbocycles. The number of carbonyl (C=O) groups excluding carboxylic acids is 1. The highest BCUT2D eigenvalue weighted by Gasteiger charge is 2.18. The summed E-state index contributed by atoms with van der Waals surface area (Å²) >= 11 is 6.05. The first-order chi connectivity index (χ1) is 13.0. The number of amides is 1. The lowest BCUT2D eigenvalue weighted by Crippen LogP contribution is -2.14. The van der Waals surface area contributed by atoms with E-state index in [1.165, 1.54) is 0 Å². The van der Waals surface area contributed by atoms with Crippen molar-refractivity contribution in [2.45, 2.75) is 13.8 Å². The Morgan fingerprint density at radius 2 is 1.96 bits per heavy atom. The number of aromatic nitrogens is 4. The predicted molar refractivity (Wildman–Crippen MR) is 106 cm³/mol. The van der Waals surface area contributed by atoms with Crippen LogP contribution in [0.5, 0.6) is 0 Å². The monoisotopic (exact) mass is 377 g/mol. The van der Waals surface area contributed by atoms with Crippen LogP contribution in [0.3, 0.4) is 0 Å². The summed E-state index contributed by atoms with van der Waals surface area (Å²) in [5.74, 6) is -0.324. The summed E-state index contributed by atoms with van der Waals surface area (Å²) in [5, 5.41) is 12.6. The second-order valence-corrected chi connectivity index (χ2v) is 6.64. The highest BCUT2D eigenvalue weighted by Crippen LogP contribution is 2.25. The van der Waals surface area contributed by atoms with Crippen LogP contribution in [0.25, 0.3) is 16.6 Å². The molecule has 2 heterocycles. The number of nitrogens with one attached hydrogen (secondary N) is 1. The van der Waals surface area contributed by atoms with E-state index in [0.29, 0.717) is 16.4 Å². The number of hydrogen-bond donors (Lipinski definition) is 1. The van der Waals surface area contributed by atoms with Crippen LogP contribution < -0.4 is 5.32 Å². The van der Waals surface area contributed by atoms with Crippen LogP contribution >= 0.6 is 11.6 Å². The number of anilines is 1. The summed E-state index contributed by atoms with van der Waals surface area (Å²) < 4.78 is 1.59. The molecule has 4 rings (SSSR count).